The molecular weight excluding hydrogens is 234 g/mol. The van der Waals surface area contributed by atoms with E-state index >= 15 is 0 Å². The lowest BCUT2D eigenvalue weighted by Gasteiger charge is -2.41. The molecule has 2 aliphatic rings. The minimum Gasteiger partial charge on any atom is -0.315 e. The Kier molecular flexibility index (Phi) is 6.11. The van der Waals surface area contributed by atoms with Crippen LogP contribution in [0.5, 0.6) is 0 Å². The smallest absolute Gasteiger partial charge is 0.0249 e. The fourth-order valence-electron chi connectivity index (χ4n) is 3.90. The molecule has 0 aromatic rings. The van der Waals surface area contributed by atoms with E-state index in [9.17, 15) is 0 Å². The average molecular weight is 267 g/mol. The van der Waals surface area contributed by atoms with Crippen LogP contribution in [0.1, 0.15) is 45.4 Å². The summed E-state index contributed by atoms with van der Waals surface area (Å²) in [6.45, 7) is 7.50. The van der Waals surface area contributed by atoms with E-state index in [2.05, 4.69) is 36.1 Å². The molecule has 0 bridgehead atoms. The van der Waals surface area contributed by atoms with E-state index in [-0.39, 0.29) is 0 Å². The fraction of sp³-hybridized carbons (Fsp3) is 1.00. The molecule has 2 fully saturated rings. The third kappa shape index (κ3) is 4.17. The molecule has 1 aliphatic carbocycles. The summed E-state index contributed by atoms with van der Waals surface area (Å²) in [5.41, 5.74) is 0. The summed E-state index contributed by atoms with van der Waals surface area (Å²) in [5.74, 6) is 0.948. The van der Waals surface area contributed by atoms with Crippen LogP contribution in [-0.4, -0.2) is 62.2 Å². The van der Waals surface area contributed by atoms with E-state index in [0.717, 1.165) is 12.0 Å². The fourth-order valence-corrected chi connectivity index (χ4v) is 3.90. The number of rotatable bonds is 6. The van der Waals surface area contributed by atoms with Crippen LogP contribution in [0.2, 0.25) is 0 Å². The van der Waals surface area contributed by atoms with E-state index < -0.39 is 0 Å². The predicted octanol–water partition coefficient (Wildman–Crippen LogP) is 2.18. The summed E-state index contributed by atoms with van der Waals surface area (Å²) >= 11 is 0. The van der Waals surface area contributed by atoms with Crippen LogP contribution >= 0.6 is 0 Å². The van der Waals surface area contributed by atoms with Crippen LogP contribution in [0.25, 0.3) is 0 Å². The summed E-state index contributed by atoms with van der Waals surface area (Å²) in [5, 5.41) is 3.55. The maximum atomic E-state index is 3.55. The first-order valence-electron chi connectivity index (χ1n) is 8.34. The first-order chi connectivity index (χ1) is 9.24. The van der Waals surface area contributed by atoms with E-state index in [0.29, 0.717) is 6.04 Å². The normalized spacial score (nSPS) is 33.2. The number of nitrogens with zero attached hydrogens (tertiary/aromatic N) is 2. The van der Waals surface area contributed by atoms with Gasteiger partial charge >= 0.3 is 0 Å². The van der Waals surface area contributed by atoms with Gasteiger partial charge in [0.15, 0.2) is 0 Å². The van der Waals surface area contributed by atoms with Crippen molar-refractivity contribution < 1.29 is 0 Å². The van der Waals surface area contributed by atoms with Crippen molar-refractivity contribution in [1.29, 1.82) is 0 Å². The van der Waals surface area contributed by atoms with Gasteiger partial charge in [0.05, 0.1) is 0 Å². The van der Waals surface area contributed by atoms with Gasteiger partial charge in [0.25, 0.3) is 0 Å². The number of hydrogen-bond donors (Lipinski definition) is 1. The second kappa shape index (κ2) is 7.61. The van der Waals surface area contributed by atoms with Crippen LogP contribution < -0.4 is 5.32 Å². The molecule has 1 saturated carbocycles. The topological polar surface area (TPSA) is 18.5 Å². The lowest BCUT2D eigenvalue weighted by atomic mass is 9.80. The van der Waals surface area contributed by atoms with Gasteiger partial charge in [-0.15, -0.1) is 0 Å². The zero-order valence-corrected chi connectivity index (χ0v) is 13.2. The molecule has 3 unspecified atom stereocenters. The summed E-state index contributed by atoms with van der Waals surface area (Å²) in [4.78, 5) is 5.26. The SMILES string of the molecule is CCC1CCC(NC)C(N(C)CCN2CCCC2)C1. The van der Waals surface area contributed by atoms with Gasteiger partial charge in [0.1, 0.15) is 0 Å². The molecule has 1 N–H and O–H groups in total. The Morgan fingerprint density at radius 1 is 1.21 bits per heavy atom. The molecule has 3 heteroatoms. The molecule has 0 aromatic carbocycles. The van der Waals surface area contributed by atoms with Crippen LogP contribution in [0.3, 0.4) is 0 Å². The van der Waals surface area contributed by atoms with Crippen molar-refractivity contribution >= 4 is 0 Å². The third-order valence-corrected chi connectivity index (χ3v) is 5.41. The first-order valence-corrected chi connectivity index (χ1v) is 8.34. The Morgan fingerprint density at radius 2 is 1.95 bits per heavy atom. The van der Waals surface area contributed by atoms with Gasteiger partial charge in [0.2, 0.25) is 0 Å². The number of hydrogen-bond acceptors (Lipinski definition) is 3. The Labute approximate surface area is 119 Å². The van der Waals surface area contributed by atoms with Gasteiger partial charge < -0.3 is 15.1 Å². The maximum Gasteiger partial charge on any atom is 0.0249 e. The maximum absolute atomic E-state index is 3.55. The second-order valence-corrected chi connectivity index (χ2v) is 6.58. The summed E-state index contributed by atoms with van der Waals surface area (Å²) < 4.78 is 0. The Bertz CT molecular complexity index is 250. The summed E-state index contributed by atoms with van der Waals surface area (Å²) in [7, 11) is 4.47. The Balaban J connectivity index is 1.81. The molecule has 0 aromatic heterocycles. The number of nitrogens with one attached hydrogen (secondary N) is 1. The molecule has 0 amide bonds. The summed E-state index contributed by atoms with van der Waals surface area (Å²) in [6, 6.07) is 1.44. The van der Waals surface area contributed by atoms with Crippen molar-refractivity contribution in [3.8, 4) is 0 Å². The van der Waals surface area contributed by atoms with Crippen LogP contribution in [-0.2, 0) is 0 Å². The molecule has 1 aliphatic heterocycles. The first kappa shape index (κ1) is 15.3. The van der Waals surface area contributed by atoms with Gasteiger partial charge in [-0.05, 0) is 65.2 Å². The molecule has 112 valence electrons. The molecule has 3 nitrogen and oxygen atoms in total. The van der Waals surface area contributed by atoms with Crippen molar-refractivity contribution in [2.45, 2.75) is 57.5 Å². The average Bonchev–Trinajstić information content (AvgIpc) is 2.97. The lowest BCUT2D eigenvalue weighted by molar-refractivity contribution is 0.112. The van der Waals surface area contributed by atoms with Crippen molar-refractivity contribution in [1.82, 2.24) is 15.1 Å². The molecule has 0 spiro atoms. The van der Waals surface area contributed by atoms with Gasteiger partial charge in [-0.2, -0.15) is 0 Å². The highest BCUT2D eigenvalue weighted by molar-refractivity contribution is 4.89. The highest BCUT2D eigenvalue weighted by Crippen LogP contribution is 2.29. The Hall–Kier alpha value is -0.120. The predicted molar refractivity (Wildman–Crippen MR) is 82.6 cm³/mol. The second-order valence-electron chi connectivity index (χ2n) is 6.58. The molecule has 2 rings (SSSR count). The number of likely N-dealkylation sites (tertiary alicyclic amines) is 1. The highest BCUT2D eigenvalue weighted by atomic mass is 15.2. The van der Waals surface area contributed by atoms with Crippen molar-refractivity contribution in [3.05, 3.63) is 0 Å². The Morgan fingerprint density at radius 3 is 2.58 bits per heavy atom. The van der Waals surface area contributed by atoms with Gasteiger partial charge in [-0.25, -0.2) is 0 Å². The molecule has 0 radical (unpaired) electrons. The van der Waals surface area contributed by atoms with Crippen LogP contribution in [0, 0.1) is 5.92 Å². The van der Waals surface area contributed by atoms with E-state index in [1.807, 2.05) is 0 Å². The van der Waals surface area contributed by atoms with Crippen LogP contribution in [0.15, 0.2) is 0 Å². The van der Waals surface area contributed by atoms with E-state index in [1.54, 1.807) is 0 Å². The third-order valence-electron chi connectivity index (χ3n) is 5.41. The molecule has 3 atom stereocenters. The van der Waals surface area contributed by atoms with Crippen LogP contribution in [0.4, 0.5) is 0 Å². The summed E-state index contributed by atoms with van der Waals surface area (Å²) in [6.07, 6.45) is 8.33. The van der Waals surface area contributed by atoms with Gasteiger partial charge in [-0.3, -0.25) is 0 Å². The quantitative estimate of drug-likeness (QED) is 0.796. The van der Waals surface area contributed by atoms with Gasteiger partial charge in [-0.1, -0.05) is 13.3 Å². The number of likely N-dealkylation sites (N-methyl/N-ethyl adjacent to an activating group) is 2. The minimum atomic E-state index is 0.700. The zero-order valence-electron chi connectivity index (χ0n) is 13.2. The largest absolute Gasteiger partial charge is 0.315 e. The van der Waals surface area contributed by atoms with Crippen molar-refractivity contribution in [3.63, 3.8) is 0 Å². The molecule has 19 heavy (non-hydrogen) atoms. The van der Waals surface area contributed by atoms with E-state index in [4.69, 9.17) is 0 Å². The van der Waals surface area contributed by atoms with Crippen molar-refractivity contribution in [2.24, 2.45) is 5.92 Å². The highest BCUT2D eigenvalue weighted by Gasteiger charge is 2.31. The molecule has 1 saturated heterocycles. The minimum absolute atomic E-state index is 0.700. The molecule has 1 heterocycles. The molecular formula is C16H33N3. The van der Waals surface area contributed by atoms with Gasteiger partial charge in [0, 0.05) is 25.2 Å². The van der Waals surface area contributed by atoms with E-state index in [1.165, 1.54) is 64.7 Å². The van der Waals surface area contributed by atoms with Crippen molar-refractivity contribution in [2.75, 3.05) is 40.3 Å². The standard InChI is InChI=1S/C16H33N3/c1-4-14-7-8-15(17-2)16(13-14)18(3)11-12-19-9-5-6-10-19/h14-17H,4-13H2,1-3H3. The zero-order chi connectivity index (χ0) is 13.7. The monoisotopic (exact) mass is 267 g/mol. The lowest BCUT2D eigenvalue weighted by Crippen LogP contribution is -2.52.